The van der Waals surface area contributed by atoms with E-state index in [-0.39, 0.29) is 0 Å². The average Bonchev–Trinajstić information content (AvgIpc) is 2.74. The monoisotopic (exact) mass is 226 g/mol. The fraction of sp³-hybridized carbons (Fsp3) is 1.00. The Hall–Kier alpha value is -0.0800. The molecule has 1 aliphatic carbocycles. The predicted molar refractivity (Wildman–Crippen MR) is 71.8 cm³/mol. The second-order valence-electron chi connectivity index (χ2n) is 5.74. The normalized spacial score (nSPS) is 19.5. The highest BCUT2D eigenvalue weighted by atomic mass is 15.1. The van der Waals surface area contributed by atoms with Crippen LogP contribution in [0.15, 0.2) is 0 Å². The van der Waals surface area contributed by atoms with Crippen LogP contribution in [0.3, 0.4) is 0 Å². The summed E-state index contributed by atoms with van der Waals surface area (Å²) in [5, 5.41) is 3.64. The maximum absolute atomic E-state index is 3.64. The van der Waals surface area contributed by atoms with Crippen molar-refractivity contribution in [3.63, 3.8) is 0 Å². The summed E-state index contributed by atoms with van der Waals surface area (Å²) in [6.45, 7) is 4.71. The Morgan fingerprint density at radius 2 is 1.94 bits per heavy atom. The van der Waals surface area contributed by atoms with E-state index in [2.05, 4.69) is 31.2 Å². The third-order valence-corrected chi connectivity index (χ3v) is 3.76. The maximum atomic E-state index is 3.64. The third kappa shape index (κ3) is 6.49. The van der Waals surface area contributed by atoms with Gasteiger partial charge in [-0.05, 0) is 59.3 Å². The standard InChI is InChI=1S/C14H30N2/c1-13(15-11-6-12-16(2)3)9-10-14-7-4-5-8-14/h13-15H,4-12H2,1-3H3. The second kappa shape index (κ2) is 8.08. The molecule has 0 aromatic rings. The molecule has 0 aromatic carbocycles. The van der Waals surface area contributed by atoms with Crippen molar-refractivity contribution in [3.05, 3.63) is 0 Å². The average molecular weight is 226 g/mol. The highest BCUT2D eigenvalue weighted by Gasteiger charge is 2.15. The molecule has 0 amide bonds. The van der Waals surface area contributed by atoms with Crippen molar-refractivity contribution in [2.24, 2.45) is 5.92 Å². The van der Waals surface area contributed by atoms with Gasteiger partial charge < -0.3 is 10.2 Å². The van der Waals surface area contributed by atoms with Gasteiger partial charge in [-0.1, -0.05) is 25.7 Å². The lowest BCUT2D eigenvalue weighted by atomic mass is 9.99. The van der Waals surface area contributed by atoms with Crippen molar-refractivity contribution in [2.45, 2.75) is 57.9 Å². The van der Waals surface area contributed by atoms with E-state index in [1.54, 1.807) is 0 Å². The molecule has 2 nitrogen and oxygen atoms in total. The van der Waals surface area contributed by atoms with Crippen LogP contribution in [0.1, 0.15) is 51.9 Å². The SMILES string of the molecule is CC(CCC1CCCC1)NCCCN(C)C. The lowest BCUT2D eigenvalue weighted by Gasteiger charge is -2.17. The highest BCUT2D eigenvalue weighted by molar-refractivity contribution is 4.70. The molecule has 1 fully saturated rings. The maximum Gasteiger partial charge on any atom is 0.00388 e. The summed E-state index contributed by atoms with van der Waals surface area (Å²) in [5.74, 6) is 1.05. The van der Waals surface area contributed by atoms with Gasteiger partial charge in [0, 0.05) is 6.04 Å². The van der Waals surface area contributed by atoms with E-state index >= 15 is 0 Å². The molecule has 0 spiro atoms. The molecular weight excluding hydrogens is 196 g/mol. The first-order valence-corrected chi connectivity index (χ1v) is 7.06. The van der Waals surface area contributed by atoms with Gasteiger partial charge in [-0.15, -0.1) is 0 Å². The molecule has 1 atom stereocenters. The van der Waals surface area contributed by atoms with E-state index in [1.165, 1.54) is 58.0 Å². The van der Waals surface area contributed by atoms with Crippen molar-refractivity contribution >= 4 is 0 Å². The van der Waals surface area contributed by atoms with Gasteiger partial charge >= 0.3 is 0 Å². The molecule has 0 saturated heterocycles. The molecule has 1 saturated carbocycles. The lowest BCUT2D eigenvalue weighted by molar-refractivity contribution is 0.376. The molecular formula is C14H30N2. The molecule has 0 aromatic heterocycles. The van der Waals surface area contributed by atoms with Crippen LogP contribution in [0, 0.1) is 5.92 Å². The third-order valence-electron chi connectivity index (χ3n) is 3.76. The van der Waals surface area contributed by atoms with Crippen LogP contribution in [0.2, 0.25) is 0 Å². The van der Waals surface area contributed by atoms with Gasteiger partial charge in [-0.3, -0.25) is 0 Å². The number of hydrogen-bond donors (Lipinski definition) is 1. The van der Waals surface area contributed by atoms with Gasteiger partial charge in [0.15, 0.2) is 0 Å². The van der Waals surface area contributed by atoms with Crippen molar-refractivity contribution in [1.29, 1.82) is 0 Å². The lowest BCUT2D eigenvalue weighted by Crippen LogP contribution is -2.29. The molecule has 0 bridgehead atoms. The van der Waals surface area contributed by atoms with Crippen LogP contribution < -0.4 is 5.32 Å². The van der Waals surface area contributed by atoms with Crippen molar-refractivity contribution in [3.8, 4) is 0 Å². The Kier molecular flexibility index (Phi) is 7.06. The van der Waals surface area contributed by atoms with Gasteiger partial charge in [-0.25, -0.2) is 0 Å². The summed E-state index contributed by atoms with van der Waals surface area (Å²) in [6.07, 6.45) is 10.0. The Bertz CT molecular complexity index is 162. The van der Waals surface area contributed by atoms with Gasteiger partial charge in [0.25, 0.3) is 0 Å². The molecule has 1 aliphatic rings. The van der Waals surface area contributed by atoms with Gasteiger partial charge in [0.2, 0.25) is 0 Å². The number of nitrogens with one attached hydrogen (secondary N) is 1. The number of hydrogen-bond acceptors (Lipinski definition) is 2. The summed E-state index contributed by atoms with van der Waals surface area (Å²) in [5.41, 5.74) is 0. The van der Waals surface area contributed by atoms with Crippen LogP contribution in [-0.2, 0) is 0 Å². The Balaban J connectivity index is 1.91. The molecule has 1 rings (SSSR count). The zero-order valence-corrected chi connectivity index (χ0v) is 11.5. The summed E-state index contributed by atoms with van der Waals surface area (Å²) < 4.78 is 0. The van der Waals surface area contributed by atoms with Crippen LogP contribution in [0.4, 0.5) is 0 Å². The largest absolute Gasteiger partial charge is 0.314 e. The zero-order valence-electron chi connectivity index (χ0n) is 11.5. The van der Waals surface area contributed by atoms with Gasteiger partial charge in [-0.2, -0.15) is 0 Å². The molecule has 1 unspecified atom stereocenters. The van der Waals surface area contributed by atoms with Crippen LogP contribution in [-0.4, -0.2) is 38.1 Å². The first kappa shape index (κ1) is 14.0. The van der Waals surface area contributed by atoms with E-state index in [4.69, 9.17) is 0 Å². The smallest absolute Gasteiger partial charge is 0.00388 e. The topological polar surface area (TPSA) is 15.3 Å². The number of rotatable bonds is 8. The van der Waals surface area contributed by atoms with E-state index in [1.807, 2.05) is 0 Å². The van der Waals surface area contributed by atoms with Crippen molar-refractivity contribution in [2.75, 3.05) is 27.2 Å². The first-order chi connectivity index (χ1) is 7.68. The molecule has 1 N–H and O–H groups in total. The quantitative estimate of drug-likeness (QED) is 0.640. The van der Waals surface area contributed by atoms with Gasteiger partial charge in [0.1, 0.15) is 0 Å². The summed E-state index contributed by atoms with van der Waals surface area (Å²) in [6, 6.07) is 0.711. The molecule has 16 heavy (non-hydrogen) atoms. The van der Waals surface area contributed by atoms with E-state index in [0.29, 0.717) is 6.04 Å². The molecule has 2 heteroatoms. The van der Waals surface area contributed by atoms with Crippen molar-refractivity contribution in [1.82, 2.24) is 10.2 Å². The molecule has 0 heterocycles. The fourth-order valence-electron chi connectivity index (χ4n) is 2.63. The Morgan fingerprint density at radius 3 is 2.56 bits per heavy atom. The van der Waals surface area contributed by atoms with Crippen LogP contribution >= 0.6 is 0 Å². The van der Waals surface area contributed by atoms with Crippen LogP contribution in [0.25, 0.3) is 0 Å². The van der Waals surface area contributed by atoms with E-state index in [0.717, 1.165) is 5.92 Å². The molecule has 0 aliphatic heterocycles. The second-order valence-corrected chi connectivity index (χ2v) is 5.74. The summed E-state index contributed by atoms with van der Waals surface area (Å²) >= 11 is 0. The minimum Gasteiger partial charge on any atom is -0.314 e. The zero-order chi connectivity index (χ0) is 11.8. The van der Waals surface area contributed by atoms with E-state index < -0.39 is 0 Å². The van der Waals surface area contributed by atoms with Crippen LogP contribution in [0.5, 0.6) is 0 Å². The fourth-order valence-corrected chi connectivity index (χ4v) is 2.63. The minimum absolute atomic E-state index is 0.711. The minimum atomic E-state index is 0.711. The van der Waals surface area contributed by atoms with E-state index in [9.17, 15) is 0 Å². The van der Waals surface area contributed by atoms with Gasteiger partial charge in [0.05, 0.1) is 0 Å². The summed E-state index contributed by atoms with van der Waals surface area (Å²) in [7, 11) is 4.28. The summed E-state index contributed by atoms with van der Waals surface area (Å²) in [4.78, 5) is 2.25. The highest BCUT2D eigenvalue weighted by Crippen LogP contribution is 2.28. The first-order valence-electron chi connectivity index (χ1n) is 7.06. The Morgan fingerprint density at radius 1 is 1.25 bits per heavy atom. The Labute approximate surface area is 102 Å². The number of nitrogens with zero attached hydrogens (tertiary/aromatic N) is 1. The van der Waals surface area contributed by atoms with Crippen molar-refractivity contribution < 1.29 is 0 Å². The molecule has 96 valence electrons. The predicted octanol–water partition coefficient (Wildman–Crippen LogP) is 2.89. The molecule has 0 radical (unpaired) electrons.